The van der Waals surface area contributed by atoms with Crippen molar-refractivity contribution in [2.24, 2.45) is 11.8 Å². The third kappa shape index (κ3) is 4.45. The molecule has 16 heavy (non-hydrogen) atoms. The second kappa shape index (κ2) is 7.32. The highest BCUT2D eigenvalue weighted by atomic mass is 14.9. The van der Waals surface area contributed by atoms with Gasteiger partial charge in [0.2, 0.25) is 0 Å². The van der Waals surface area contributed by atoms with Crippen molar-refractivity contribution in [3.05, 3.63) is 0 Å². The van der Waals surface area contributed by atoms with Crippen molar-refractivity contribution in [3.8, 4) is 0 Å². The van der Waals surface area contributed by atoms with E-state index < -0.39 is 0 Å². The second-order valence-corrected chi connectivity index (χ2v) is 5.89. The molecule has 0 spiro atoms. The third-order valence-corrected chi connectivity index (χ3v) is 4.41. The average molecular weight is 225 g/mol. The zero-order valence-corrected chi connectivity index (χ0v) is 11.8. The van der Waals surface area contributed by atoms with Gasteiger partial charge in [0.25, 0.3) is 0 Å². The van der Waals surface area contributed by atoms with E-state index in [0.29, 0.717) is 0 Å². The summed E-state index contributed by atoms with van der Waals surface area (Å²) in [6.07, 6.45) is 9.69. The van der Waals surface area contributed by atoms with E-state index in [2.05, 4.69) is 33.0 Å². The van der Waals surface area contributed by atoms with E-state index >= 15 is 0 Å². The maximum Gasteiger partial charge on any atom is 0.00697 e. The van der Waals surface area contributed by atoms with Crippen LogP contribution in [0.15, 0.2) is 0 Å². The maximum absolute atomic E-state index is 3.85. The summed E-state index contributed by atoms with van der Waals surface area (Å²) in [5.41, 5.74) is 0. The van der Waals surface area contributed by atoms with Gasteiger partial charge in [-0.2, -0.15) is 0 Å². The van der Waals surface area contributed by atoms with Crippen LogP contribution >= 0.6 is 0 Å². The molecule has 2 unspecified atom stereocenters. The highest BCUT2D eigenvalue weighted by Crippen LogP contribution is 2.29. The van der Waals surface area contributed by atoms with Crippen LogP contribution in [-0.4, -0.2) is 12.1 Å². The quantitative estimate of drug-likeness (QED) is 0.685. The largest absolute Gasteiger partial charge is 0.311 e. The van der Waals surface area contributed by atoms with E-state index in [4.69, 9.17) is 0 Å². The average Bonchev–Trinajstić information content (AvgIpc) is 2.51. The van der Waals surface area contributed by atoms with Crippen molar-refractivity contribution in [1.82, 2.24) is 5.32 Å². The van der Waals surface area contributed by atoms with Crippen LogP contribution in [0.3, 0.4) is 0 Å². The van der Waals surface area contributed by atoms with Crippen molar-refractivity contribution >= 4 is 0 Å². The van der Waals surface area contributed by atoms with Crippen molar-refractivity contribution in [2.45, 2.75) is 84.7 Å². The predicted octanol–water partition coefficient (Wildman–Crippen LogP) is 4.37. The van der Waals surface area contributed by atoms with E-state index in [1.807, 2.05) is 0 Å². The molecule has 0 aliphatic heterocycles. The minimum Gasteiger partial charge on any atom is -0.311 e. The van der Waals surface area contributed by atoms with Gasteiger partial charge in [-0.3, -0.25) is 0 Å². The van der Waals surface area contributed by atoms with Crippen molar-refractivity contribution in [1.29, 1.82) is 0 Å². The summed E-state index contributed by atoms with van der Waals surface area (Å²) in [4.78, 5) is 0. The Kier molecular flexibility index (Phi) is 6.41. The molecule has 1 rings (SSSR count). The molecule has 1 heteroatoms. The van der Waals surface area contributed by atoms with Gasteiger partial charge >= 0.3 is 0 Å². The Hall–Kier alpha value is -0.0400. The van der Waals surface area contributed by atoms with Gasteiger partial charge < -0.3 is 5.32 Å². The Morgan fingerprint density at radius 2 is 1.69 bits per heavy atom. The Morgan fingerprint density at radius 1 is 1.00 bits per heavy atom. The maximum atomic E-state index is 3.85. The molecule has 1 saturated carbocycles. The van der Waals surface area contributed by atoms with Crippen LogP contribution in [0.25, 0.3) is 0 Å². The highest BCUT2D eigenvalue weighted by molar-refractivity contribution is 4.78. The predicted molar refractivity (Wildman–Crippen MR) is 72.7 cm³/mol. The molecule has 0 radical (unpaired) electrons. The molecule has 0 aromatic heterocycles. The smallest absolute Gasteiger partial charge is 0.00697 e. The molecule has 0 bridgehead atoms. The molecule has 96 valence electrons. The number of hydrogen-bond donors (Lipinski definition) is 1. The summed E-state index contributed by atoms with van der Waals surface area (Å²) in [6.45, 7) is 9.38. The minimum absolute atomic E-state index is 0.751. The summed E-state index contributed by atoms with van der Waals surface area (Å²) >= 11 is 0. The Balaban J connectivity index is 2.35. The topological polar surface area (TPSA) is 12.0 Å². The molecule has 1 aliphatic carbocycles. The van der Waals surface area contributed by atoms with Gasteiger partial charge in [-0.05, 0) is 43.9 Å². The number of nitrogens with one attached hydrogen (secondary N) is 1. The van der Waals surface area contributed by atoms with Gasteiger partial charge in [0.15, 0.2) is 0 Å². The minimum atomic E-state index is 0.751. The number of hydrogen-bond acceptors (Lipinski definition) is 1. The fourth-order valence-electron chi connectivity index (χ4n) is 3.02. The molecular weight excluding hydrogens is 194 g/mol. The van der Waals surface area contributed by atoms with Crippen LogP contribution in [-0.2, 0) is 0 Å². The van der Waals surface area contributed by atoms with Crippen molar-refractivity contribution in [2.75, 3.05) is 0 Å². The van der Waals surface area contributed by atoms with Gasteiger partial charge in [0, 0.05) is 12.1 Å². The fourth-order valence-corrected chi connectivity index (χ4v) is 3.02. The molecule has 0 amide bonds. The van der Waals surface area contributed by atoms with Crippen LogP contribution in [0.4, 0.5) is 0 Å². The van der Waals surface area contributed by atoms with Crippen molar-refractivity contribution in [3.63, 3.8) is 0 Å². The molecule has 1 fully saturated rings. The zero-order chi connectivity index (χ0) is 12.0. The lowest BCUT2D eigenvalue weighted by atomic mass is 9.89. The SMILES string of the molecule is CCC(CC)NC1CCCC(C(C)C)CC1. The van der Waals surface area contributed by atoms with Gasteiger partial charge in [0.1, 0.15) is 0 Å². The van der Waals surface area contributed by atoms with Crippen molar-refractivity contribution < 1.29 is 0 Å². The third-order valence-electron chi connectivity index (χ3n) is 4.41. The molecule has 0 heterocycles. The first-order chi connectivity index (χ1) is 7.67. The van der Waals surface area contributed by atoms with E-state index in [-0.39, 0.29) is 0 Å². The molecule has 1 N–H and O–H groups in total. The Labute approximate surface area is 102 Å². The molecule has 0 aromatic rings. The van der Waals surface area contributed by atoms with E-state index in [0.717, 1.165) is 23.9 Å². The lowest BCUT2D eigenvalue weighted by Gasteiger charge is -2.23. The van der Waals surface area contributed by atoms with Crippen LogP contribution in [0, 0.1) is 11.8 Å². The van der Waals surface area contributed by atoms with Crippen LogP contribution in [0.5, 0.6) is 0 Å². The van der Waals surface area contributed by atoms with E-state index in [9.17, 15) is 0 Å². The molecular formula is C15H31N. The monoisotopic (exact) mass is 225 g/mol. The number of rotatable bonds is 5. The van der Waals surface area contributed by atoms with Gasteiger partial charge in [-0.15, -0.1) is 0 Å². The van der Waals surface area contributed by atoms with Gasteiger partial charge in [-0.25, -0.2) is 0 Å². The van der Waals surface area contributed by atoms with Crippen LogP contribution in [0.1, 0.15) is 72.6 Å². The van der Waals surface area contributed by atoms with Crippen LogP contribution < -0.4 is 5.32 Å². The first-order valence-electron chi connectivity index (χ1n) is 7.43. The lowest BCUT2D eigenvalue weighted by Crippen LogP contribution is -2.37. The summed E-state index contributed by atoms with van der Waals surface area (Å²) in [5, 5.41) is 3.85. The normalized spacial score (nSPS) is 27.4. The van der Waals surface area contributed by atoms with E-state index in [1.165, 1.54) is 44.9 Å². The van der Waals surface area contributed by atoms with E-state index in [1.54, 1.807) is 0 Å². The first kappa shape index (κ1) is 14.0. The summed E-state index contributed by atoms with van der Waals surface area (Å²) < 4.78 is 0. The summed E-state index contributed by atoms with van der Waals surface area (Å²) in [7, 11) is 0. The summed E-state index contributed by atoms with van der Waals surface area (Å²) in [6, 6.07) is 1.55. The highest BCUT2D eigenvalue weighted by Gasteiger charge is 2.21. The summed E-state index contributed by atoms with van der Waals surface area (Å²) in [5.74, 6) is 1.86. The molecule has 1 aliphatic rings. The Bertz CT molecular complexity index is 172. The molecule has 0 saturated heterocycles. The van der Waals surface area contributed by atoms with Crippen LogP contribution in [0.2, 0.25) is 0 Å². The van der Waals surface area contributed by atoms with Gasteiger partial charge in [0.05, 0.1) is 0 Å². The molecule has 2 atom stereocenters. The first-order valence-corrected chi connectivity index (χ1v) is 7.43. The zero-order valence-electron chi connectivity index (χ0n) is 11.8. The lowest BCUT2D eigenvalue weighted by molar-refractivity contribution is 0.331. The Morgan fingerprint density at radius 3 is 2.25 bits per heavy atom. The standard InChI is InChI=1S/C15H31N/c1-5-14(6-2)16-15-9-7-8-13(10-11-15)12(3)4/h12-16H,5-11H2,1-4H3. The molecule has 0 aromatic carbocycles. The second-order valence-electron chi connectivity index (χ2n) is 5.89. The molecule has 1 nitrogen and oxygen atoms in total. The van der Waals surface area contributed by atoms with Gasteiger partial charge in [-0.1, -0.05) is 40.5 Å². The fraction of sp³-hybridized carbons (Fsp3) is 1.00.